The lowest BCUT2D eigenvalue weighted by Crippen LogP contribution is -2.36. The molecular formula is C10H14N2O. The summed E-state index contributed by atoms with van der Waals surface area (Å²) in [5.41, 5.74) is 2.51. The van der Waals surface area contributed by atoms with E-state index >= 15 is 0 Å². The van der Waals surface area contributed by atoms with E-state index in [1.165, 1.54) is 16.2 Å². The molecule has 1 aliphatic heterocycles. The fraction of sp³-hybridized carbons (Fsp3) is 0.400. The maximum Gasteiger partial charge on any atom is 0.0724 e. The second-order valence-corrected chi connectivity index (χ2v) is 3.42. The number of benzene rings is 1. The molecule has 1 atom stereocenters. The first-order valence-electron chi connectivity index (χ1n) is 4.49. The molecule has 1 aromatic rings. The maximum absolute atomic E-state index is 9.42. The largest absolute Gasteiger partial charge is 0.314 e. The number of nitrogens with one attached hydrogen (secondary N) is 1. The van der Waals surface area contributed by atoms with Crippen LogP contribution in [0.3, 0.4) is 0 Å². The van der Waals surface area contributed by atoms with Crippen LogP contribution >= 0.6 is 0 Å². The molecular weight excluding hydrogens is 164 g/mol. The zero-order valence-corrected chi connectivity index (χ0v) is 7.70. The fourth-order valence-corrected chi connectivity index (χ4v) is 1.81. The molecule has 1 aromatic carbocycles. The Hall–Kier alpha value is -0.900. The van der Waals surface area contributed by atoms with Gasteiger partial charge in [0, 0.05) is 20.1 Å². The van der Waals surface area contributed by atoms with E-state index in [0.29, 0.717) is 0 Å². The van der Waals surface area contributed by atoms with Crippen molar-refractivity contribution in [1.29, 1.82) is 0 Å². The van der Waals surface area contributed by atoms with E-state index in [4.69, 9.17) is 0 Å². The highest BCUT2D eigenvalue weighted by Crippen LogP contribution is 2.24. The Bertz CT molecular complexity index is 299. The lowest BCUT2D eigenvalue weighted by molar-refractivity contribution is -0.105. The summed E-state index contributed by atoms with van der Waals surface area (Å²) in [7, 11) is 1.69. The highest BCUT2D eigenvalue weighted by atomic mass is 16.5. The van der Waals surface area contributed by atoms with Crippen molar-refractivity contribution < 1.29 is 5.21 Å². The third-order valence-electron chi connectivity index (χ3n) is 2.52. The Morgan fingerprint density at radius 3 is 3.00 bits per heavy atom. The molecule has 0 spiro atoms. The fourth-order valence-electron chi connectivity index (χ4n) is 1.81. The molecule has 0 aromatic heterocycles. The van der Waals surface area contributed by atoms with Gasteiger partial charge in [-0.2, -0.15) is 5.06 Å². The van der Waals surface area contributed by atoms with Crippen molar-refractivity contribution in [2.75, 3.05) is 13.6 Å². The smallest absolute Gasteiger partial charge is 0.0724 e. The molecule has 3 nitrogen and oxygen atoms in total. The molecule has 0 aliphatic carbocycles. The number of hydrogen-bond acceptors (Lipinski definition) is 3. The number of likely N-dealkylation sites (N-methyl/N-ethyl adjacent to an activating group) is 1. The molecule has 3 heteroatoms. The van der Waals surface area contributed by atoms with E-state index in [1.54, 1.807) is 7.05 Å². The van der Waals surface area contributed by atoms with Crippen LogP contribution < -0.4 is 5.32 Å². The third kappa shape index (κ3) is 1.58. The van der Waals surface area contributed by atoms with E-state index in [2.05, 4.69) is 17.4 Å². The van der Waals surface area contributed by atoms with Crippen LogP contribution in [0.15, 0.2) is 24.3 Å². The monoisotopic (exact) mass is 178 g/mol. The topological polar surface area (TPSA) is 35.5 Å². The predicted octanol–water partition coefficient (Wildman–Crippen LogP) is 1.15. The highest BCUT2D eigenvalue weighted by molar-refractivity contribution is 5.31. The Morgan fingerprint density at radius 1 is 1.46 bits per heavy atom. The SMILES string of the molecule is CN(O)C1CNCc2ccccc21. The van der Waals surface area contributed by atoms with Gasteiger partial charge in [-0.05, 0) is 11.1 Å². The first kappa shape index (κ1) is 8.69. The standard InChI is InChI=1S/C10H14N2O/c1-12(13)10-7-11-6-8-4-2-3-5-9(8)10/h2-5,10-11,13H,6-7H2,1H3. The molecule has 0 saturated carbocycles. The summed E-state index contributed by atoms with van der Waals surface area (Å²) >= 11 is 0. The number of hydroxylamine groups is 2. The van der Waals surface area contributed by atoms with Crippen molar-refractivity contribution in [2.24, 2.45) is 0 Å². The minimum Gasteiger partial charge on any atom is -0.314 e. The van der Waals surface area contributed by atoms with Gasteiger partial charge < -0.3 is 10.5 Å². The van der Waals surface area contributed by atoms with Crippen molar-refractivity contribution in [2.45, 2.75) is 12.6 Å². The number of fused-ring (bicyclic) bond motifs is 1. The summed E-state index contributed by atoms with van der Waals surface area (Å²) in [6.45, 7) is 1.71. The van der Waals surface area contributed by atoms with E-state index < -0.39 is 0 Å². The van der Waals surface area contributed by atoms with Crippen molar-refractivity contribution in [3.05, 3.63) is 35.4 Å². The van der Waals surface area contributed by atoms with Crippen LogP contribution in [0.4, 0.5) is 0 Å². The number of hydrogen-bond donors (Lipinski definition) is 2. The first-order valence-corrected chi connectivity index (χ1v) is 4.49. The summed E-state index contributed by atoms with van der Waals surface area (Å²) in [5, 5.41) is 14.0. The van der Waals surface area contributed by atoms with Gasteiger partial charge in [0.05, 0.1) is 6.04 Å². The molecule has 2 N–H and O–H groups in total. The van der Waals surface area contributed by atoms with Crippen molar-refractivity contribution in [3.63, 3.8) is 0 Å². The summed E-state index contributed by atoms with van der Waals surface area (Å²) in [5.74, 6) is 0. The highest BCUT2D eigenvalue weighted by Gasteiger charge is 2.21. The van der Waals surface area contributed by atoms with Crippen LogP contribution in [0, 0.1) is 0 Å². The summed E-state index contributed by atoms with van der Waals surface area (Å²) in [4.78, 5) is 0. The van der Waals surface area contributed by atoms with Gasteiger partial charge >= 0.3 is 0 Å². The van der Waals surface area contributed by atoms with Crippen LogP contribution in [0.25, 0.3) is 0 Å². The predicted molar refractivity (Wildman–Crippen MR) is 50.4 cm³/mol. The molecule has 1 aliphatic rings. The zero-order chi connectivity index (χ0) is 9.26. The van der Waals surface area contributed by atoms with Crippen LogP contribution in [-0.2, 0) is 6.54 Å². The van der Waals surface area contributed by atoms with Gasteiger partial charge in [0.25, 0.3) is 0 Å². The maximum atomic E-state index is 9.42. The Kier molecular flexibility index (Phi) is 2.31. The molecule has 70 valence electrons. The average Bonchev–Trinajstić information content (AvgIpc) is 2.17. The van der Waals surface area contributed by atoms with Crippen molar-refractivity contribution in [3.8, 4) is 0 Å². The third-order valence-corrected chi connectivity index (χ3v) is 2.52. The molecule has 0 bridgehead atoms. The van der Waals surface area contributed by atoms with Gasteiger partial charge in [-0.15, -0.1) is 0 Å². The van der Waals surface area contributed by atoms with E-state index in [-0.39, 0.29) is 6.04 Å². The molecule has 0 radical (unpaired) electrons. The minimum atomic E-state index is 0.0879. The number of rotatable bonds is 1. The molecule has 13 heavy (non-hydrogen) atoms. The first-order chi connectivity index (χ1) is 6.29. The molecule has 1 heterocycles. The van der Waals surface area contributed by atoms with Gasteiger partial charge in [0.2, 0.25) is 0 Å². The Balaban J connectivity index is 2.37. The summed E-state index contributed by atoms with van der Waals surface area (Å²) in [6.07, 6.45) is 0. The molecule has 0 fully saturated rings. The van der Waals surface area contributed by atoms with Gasteiger partial charge in [0.1, 0.15) is 0 Å². The second kappa shape index (κ2) is 3.46. The Labute approximate surface area is 77.9 Å². The quantitative estimate of drug-likeness (QED) is 0.633. The van der Waals surface area contributed by atoms with Crippen LogP contribution in [0.1, 0.15) is 17.2 Å². The van der Waals surface area contributed by atoms with Gasteiger partial charge in [-0.3, -0.25) is 0 Å². The summed E-state index contributed by atoms with van der Waals surface area (Å²) in [6, 6.07) is 8.30. The van der Waals surface area contributed by atoms with Crippen LogP contribution in [-0.4, -0.2) is 23.9 Å². The molecule has 2 rings (SSSR count). The average molecular weight is 178 g/mol. The summed E-state index contributed by atoms with van der Waals surface area (Å²) < 4.78 is 0. The van der Waals surface area contributed by atoms with Crippen molar-refractivity contribution in [1.82, 2.24) is 10.4 Å². The lowest BCUT2D eigenvalue weighted by Gasteiger charge is -2.29. The lowest BCUT2D eigenvalue weighted by atomic mass is 9.97. The van der Waals surface area contributed by atoms with Gasteiger partial charge in [0.15, 0.2) is 0 Å². The second-order valence-electron chi connectivity index (χ2n) is 3.42. The van der Waals surface area contributed by atoms with Crippen LogP contribution in [0.5, 0.6) is 0 Å². The van der Waals surface area contributed by atoms with Crippen molar-refractivity contribution >= 4 is 0 Å². The molecule has 0 saturated heterocycles. The van der Waals surface area contributed by atoms with Gasteiger partial charge in [-0.25, -0.2) is 0 Å². The zero-order valence-electron chi connectivity index (χ0n) is 7.70. The minimum absolute atomic E-state index is 0.0879. The molecule has 0 amide bonds. The normalized spacial score (nSPS) is 21.6. The van der Waals surface area contributed by atoms with Gasteiger partial charge in [-0.1, -0.05) is 24.3 Å². The number of nitrogens with zero attached hydrogens (tertiary/aromatic N) is 1. The van der Waals surface area contributed by atoms with E-state index in [0.717, 1.165) is 13.1 Å². The van der Waals surface area contributed by atoms with E-state index in [9.17, 15) is 5.21 Å². The van der Waals surface area contributed by atoms with E-state index in [1.807, 2.05) is 12.1 Å². The molecule has 1 unspecified atom stereocenters. The van der Waals surface area contributed by atoms with Crippen LogP contribution in [0.2, 0.25) is 0 Å². The Morgan fingerprint density at radius 2 is 2.23 bits per heavy atom.